The third kappa shape index (κ3) is 13.4. The maximum atomic E-state index is 15.0. The predicted molar refractivity (Wildman–Crippen MR) is 379 cm³/mol. The zero-order chi connectivity index (χ0) is 75.9. The van der Waals surface area contributed by atoms with E-state index in [4.69, 9.17) is 52.4 Å². The number of hydrogen-bond acceptors (Lipinski definition) is 25. The van der Waals surface area contributed by atoms with Crippen LogP contribution in [0.5, 0.6) is 0 Å². The van der Waals surface area contributed by atoms with E-state index in [9.17, 15) is 56.3 Å². The molecule has 0 unspecified atom stereocenters. The topological polar surface area (TPSA) is 428 Å². The Morgan fingerprint density at radius 1 is 0.404 bits per heavy atom. The molecule has 5 fully saturated rings. The first-order chi connectivity index (χ1) is 49.0. The molecule has 0 radical (unpaired) electrons. The Balaban J connectivity index is 0.000000130. The van der Waals surface area contributed by atoms with E-state index in [0.29, 0.717) is 45.4 Å². The Bertz CT molecular complexity index is 4290. The number of fused-ring (bicyclic) bond motifs is 5. The highest BCUT2D eigenvalue weighted by molar-refractivity contribution is 14.1. The molecular formula is C65H81F7I2N20O10. The van der Waals surface area contributed by atoms with E-state index < -0.39 is 114 Å². The molecule has 15 heterocycles. The summed E-state index contributed by atoms with van der Waals surface area (Å²) >= 11 is 4.25. The lowest BCUT2D eigenvalue weighted by atomic mass is 9.75. The second-order valence-electron chi connectivity index (χ2n) is 28.1. The normalized spacial score (nSPS) is 29.6. The van der Waals surface area contributed by atoms with Crippen molar-refractivity contribution in [2.24, 2.45) is 34.0 Å². The van der Waals surface area contributed by atoms with Gasteiger partial charge in [-0.3, -0.25) is 0 Å². The summed E-state index contributed by atoms with van der Waals surface area (Å²) in [7, 11) is 0. The van der Waals surface area contributed by atoms with Gasteiger partial charge in [-0.25, -0.2) is 78.2 Å². The summed E-state index contributed by atoms with van der Waals surface area (Å²) in [5, 5.41) is 66.8. The van der Waals surface area contributed by atoms with Gasteiger partial charge in [0.15, 0.2) is 46.5 Å². The van der Waals surface area contributed by atoms with Gasteiger partial charge in [0.2, 0.25) is 0 Å². The van der Waals surface area contributed by atoms with E-state index in [1.54, 1.807) is 56.6 Å². The molecular weight excluding hydrogens is 1610 g/mol. The first-order valence-electron chi connectivity index (χ1n) is 32.9. The minimum atomic E-state index is -1.77. The first-order valence-corrected chi connectivity index (χ1v) is 35.0. The van der Waals surface area contributed by atoms with Crippen molar-refractivity contribution < 1.29 is 79.9 Å². The molecule has 0 spiro atoms. The molecule has 0 bridgehead atoms. The van der Waals surface area contributed by atoms with Gasteiger partial charge in [-0.1, -0.05) is 62.3 Å². The fraction of sp³-hybridized carbons (Fsp3) is 0.538. The Hall–Kier alpha value is -7.33. The Kier molecular flexibility index (Phi) is 22.3. The standard InChI is InChI=1S/C14H19FN4O2.2C13H16F2N4O2.C13H16FIN4O2.C12H14FIN4O2/c1-7-10(5-20)21-12(14(7,2)3)9-4-8(15)11-13(16)17-6-18-19(9)11;1-13(2)10(15)8(4-20)21-11(13)7-3-6(14)9-12(16)17-5-18-19(7)9;1-6-9(4-20)21-11(13(6,2)15)8-3-7(14)10-12(16)17-5-18-19(8)10;1-13(2)10(14)8(4-20)21-11(13)7-3-6(15)9-12(16)17-5-18-19(7)9;1-5-8(3-19)20-11(9(5)13)7-2-6(14)10-12(15)16-4-17-18(7)10/h4,6-7,10,12,20H,5H2,1-3H3,(H2,16,17,18);3,5,8,10-11,20H,4H2,1-2H3,(H2,16,17,18);3,5-6,9,11,20H,4H2,1-2H3,(H2,16,17,18);3,5,8,10-11,20H,4H2,1-2H3,(H2,16,17,18);2,4-5,8-9,11,19H,3H2,1H3,(H2,15,16,17)/t7-,10-,12+;8-,10-,11+;6-,9-,11+,13-;8-,10-,11+;5-,8-,9-,11+/m11111/s1. The van der Waals surface area contributed by atoms with Gasteiger partial charge in [0.1, 0.15) is 126 Å². The lowest BCUT2D eigenvalue weighted by Gasteiger charge is -2.28. The summed E-state index contributed by atoms with van der Waals surface area (Å²) in [5.41, 5.74) is 29.0. The quantitative estimate of drug-likeness (QED) is 0.0483. The summed E-state index contributed by atoms with van der Waals surface area (Å²) < 4.78 is 138. The fourth-order valence-corrected chi connectivity index (χ4v) is 15.8. The van der Waals surface area contributed by atoms with Crippen LogP contribution in [-0.2, 0) is 23.7 Å². The molecule has 39 heteroatoms. The zero-order valence-corrected chi connectivity index (χ0v) is 62.1. The molecule has 15 N–H and O–H groups in total. The number of aromatic nitrogens is 15. The molecule has 0 amide bonds. The first kappa shape index (κ1) is 77.8. The van der Waals surface area contributed by atoms with Crippen molar-refractivity contribution in [3.63, 3.8) is 0 Å². The van der Waals surface area contributed by atoms with Gasteiger partial charge in [0.25, 0.3) is 0 Å². The van der Waals surface area contributed by atoms with Crippen molar-refractivity contribution in [2.45, 2.75) is 154 Å². The Labute approximate surface area is 616 Å². The predicted octanol–water partition coefficient (Wildman–Crippen LogP) is 7.07. The van der Waals surface area contributed by atoms with Crippen LogP contribution in [0.15, 0.2) is 62.0 Å². The van der Waals surface area contributed by atoms with Crippen LogP contribution in [0.2, 0.25) is 0 Å². The van der Waals surface area contributed by atoms with Crippen LogP contribution >= 0.6 is 45.2 Å². The molecule has 104 heavy (non-hydrogen) atoms. The number of aliphatic hydroxyl groups is 5. The van der Waals surface area contributed by atoms with Crippen LogP contribution in [0, 0.1) is 58.6 Å². The molecule has 0 aliphatic carbocycles. The molecule has 5 aliphatic rings. The molecule has 0 saturated carbocycles. The molecule has 5 aliphatic heterocycles. The van der Waals surface area contributed by atoms with Gasteiger partial charge >= 0.3 is 0 Å². The maximum Gasteiger partial charge on any atom is 0.154 e. The summed E-state index contributed by atoms with van der Waals surface area (Å²) in [6.07, 6.45) is -4.14. The Morgan fingerprint density at radius 2 is 0.692 bits per heavy atom. The fourth-order valence-electron chi connectivity index (χ4n) is 14.2. The van der Waals surface area contributed by atoms with Crippen molar-refractivity contribution in [2.75, 3.05) is 61.7 Å². The van der Waals surface area contributed by atoms with Crippen molar-refractivity contribution >= 4 is 102 Å². The smallest absolute Gasteiger partial charge is 0.154 e. The van der Waals surface area contributed by atoms with Gasteiger partial charge in [-0.15, -0.1) is 0 Å². The minimum Gasteiger partial charge on any atom is -0.394 e. The molecule has 10 aromatic heterocycles. The number of alkyl halides is 4. The van der Waals surface area contributed by atoms with E-state index in [1.165, 1.54) is 64.2 Å². The van der Waals surface area contributed by atoms with E-state index in [0.717, 1.165) is 13.2 Å². The molecule has 564 valence electrons. The van der Waals surface area contributed by atoms with E-state index in [-0.39, 0.29) is 95.6 Å². The van der Waals surface area contributed by atoms with Crippen LogP contribution in [0.25, 0.3) is 27.6 Å². The summed E-state index contributed by atoms with van der Waals surface area (Å²) in [5.74, 6) is -1.71. The van der Waals surface area contributed by atoms with Gasteiger partial charge in [0, 0.05) is 53.4 Å². The van der Waals surface area contributed by atoms with Gasteiger partial charge in [0.05, 0.1) is 79.8 Å². The average molecular weight is 1690 g/mol. The molecule has 30 nitrogen and oxygen atoms in total. The molecule has 10 aromatic rings. The van der Waals surface area contributed by atoms with E-state index in [2.05, 4.69) is 95.6 Å². The van der Waals surface area contributed by atoms with Crippen molar-refractivity contribution in [3.8, 4) is 0 Å². The van der Waals surface area contributed by atoms with Crippen molar-refractivity contribution in [1.29, 1.82) is 0 Å². The number of hydrogen-bond donors (Lipinski definition) is 10. The van der Waals surface area contributed by atoms with Crippen molar-refractivity contribution in [3.05, 3.63) is 115 Å². The number of aliphatic hydroxyl groups excluding tert-OH is 5. The Morgan fingerprint density at radius 3 is 1.03 bits per heavy atom. The molecule has 17 atom stereocenters. The third-order valence-electron chi connectivity index (χ3n) is 20.8. The lowest BCUT2D eigenvalue weighted by Crippen LogP contribution is -2.32. The van der Waals surface area contributed by atoms with Crippen LogP contribution < -0.4 is 28.7 Å². The highest BCUT2D eigenvalue weighted by Crippen LogP contribution is 2.54. The number of rotatable bonds is 10. The van der Waals surface area contributed by atoms with Gasteiger partial charge in [-0.2, -0.15) is 25.5 Å². The monoisotopic (exact) mass is 1690 g/mol. The number of nitrogen functional groups attached to an aromatic ring is 5. The maximum absolute atomic E-state index is 15.0. The summed E-state index contributed by atoms with van der Waals surface area (Å²) in [4.78, 5) is 19.2. The summed E-state index contributed by atoms with van der Waals surface area (Å²) in [6, 6.07) is 7.43. The SMILES string of the molecule is CC1(C)[C@H](F)[C@@H](CO)O[C@H]1c1cc(F)c2c(N)ncnn12.CC1(C)[C@H](F)[C@@H](CO)O[C@H]1c1cc(I)c2c(N)ncnn12.C[C@@H]1[C@@H](CO)O[C@@H](c2cc(F)c3c(N)ncnn23)C1(C)C.C[C@@H]1[C@@H](CO)O[C@@H](c2cc(F)c3c(N)ncnn23)[C@]1(C)F.C[C@H]1[C@@H](F)[C@H](c2cc(I)c3c(N)ncnn23)O[C@@H]1CO. The zero-order valence-electron chi connectivity index (χ0n) is 57.8. The molecule has 15 rings (SSSR count). The lowest BCUT2D eigenvalue weighted by molar-refractivity contribution is -0.0200. The van der Waals surface area contributed by atoms with Crippen LogP contribution in [-0.4, -0.2) is 186 Å². The number of halogens is 9. The second kappa shape index (κ2) is 29.8. The largest absolute Gasteiger partial charge is 0.394 e. The average Bonchev–Trinajstić information content (AvgIpc) is 1.61. The second-order valence-corrected chi connectivity index (χ2v) is 30.5. The third-order valence-corrected chi connectivity index (χ3v) is 22.5. The van der Waals surface area contributed by atoms with E-state index in [1.807, 2.05) is 26.8 Å². The minimum absolute atomic E-state index is 0.0000553. The highest BCUT2D eigenvalue weighted by atomic mass is 127. The van der Waals surface area contributed by atoms with Crippen molar-refractivity contribution in [1.82, 2.24) is 73.0 Å². The van der Waals surface area contributed by atoms with Crippen LogP contribution in [0.4, 0.5) is 59.8 Å². The number of ether oxygens (including phenoxy) is 5. The number of anilines is 5. The summed E-state index contributed by atoms with van der Waals surface area (Å²) in [6.45, 7) is 16.4. The number of nitrogens with zero attached hydrogens (tertiary/aromatic N) is 15. The number of nitrogens with two attached hydrogens (primary N) is 5. The van der Waals surface area contributed by atoms with Crippen LogP contribution in [0.3, 0.4) is 0 Å². The van der Waals surface area contributed by atoms with Gasteiger partial charge in [-0.05, 0) is 70.2 Å². The van der Waals surface area contributed by atoms with Crippen LogP contribution in [0.1, 0.15) is 128 Å². The van der Waals surface area contributed by atoms with Gasteiger partial charge < -0.3 is 77.9 Å². The van der Waals surface area contributed by atoms with E-state index >= 15 is 0 Å². The molecule has 5 saturated heterocycles. The molecule has 0 aromatic carbocycles. The highest BCUT2D eigenvalue weighted by Gasteiger charge is 2.56.